The molecule has 7 nitrogen and oxygen atoms in total. The summed E-state index contributed by atoms with van der Waals surface area (Å²) >= 11 is 0. The number of benzene rings is 2. The van der Waals surface area contributed by atoms with Gasteiger partial charge in [0.25, 0.3) is 5.91 Å². The molecule has 7 heteroatoms. The summed E-state index contributed by atoms with van der Waals surface area (Å²) in [6, 6.07) is 13.3. The number of hydrogen-bond donors (Lipinski definition) is 4. The molecule has 2 aromatic carbocycles. The fourth-order valence-corrected chi connectivity index (χ4v) is 2.27. The van der Waals surface area contributed by atoms with Crippen molar-refractivity contribution in [1.29, 1.82) is 0 Å². The molecule has 136 valence electrons. The van der Waals surface area contributed by atoms with Crippen LogP contribution in [0.1, 0.15) is 24.2 Å². The van der Waals surface area contributed by atoms with Crippen LogP contribution in [-0.4, -0.2) is 30.8 Å². The van der Waals surface area contributed by atoms with Gasteiger partial charge in [0.05, 0.1) is 0 Å². The Morgan fingerprint density at radius 2 is 1.31 bits per heavy atom. The first-order valence-electron chi connectivity index (χ1n) is 8.16. The van der Waals surface area contributed by atoms with Gasteiger partial charge in [-0.15, -0.1) is 0 Å². The lowest BCUT2D eigenvalue weighted by molar-refractivity contribution is -0.116. The maximum absolute atomic E-state index is 12.3. The van der Waals surface area contributed by atoms with Crippen LogP contribution in [0.5, 0.6) is 0 Å². The lowest BCUT2D eigenvalue weighted by Gasteiger charge is -2.16. The van der Waals surface area contributed by atoms with Crippen LogP contribution < -0.4 is 21.3 Å². The van der Waals surface area contributed by atoms with Gasteiger partial charge in [0, 0.05) is 36.6 Å². The van der Waals surface area contributed by atoms with Gasteiger partial charge in [-0.25, -0.2) is 0 Å². The first kappa shape index (κ1) is 19.0. The van der Waals surface area contributed by atoms with Crippen molar-refractivity contribution in [3.8, 4) is 0 Å². The quantitative estimate of drug-likeness (QED) is 0.640. The van der Waals surface area contributed by atoms with Crippen LogP contribution in [0, 0.1) is 0 Å². The Balaban J connectivity index is 1.92. The average Bonchev–Trinajstić information content (AvgIpc) is 2.62. The Hall–Kier alpha value is -3.35. The second-order valence-corrected chi connectivity index (χ2v) is 5.77. The van der Waals surface area contributed by atoms with Gasteiger partial charge in [-0.05, 0) is 55.5 Å². The molecular formula is C19H22N4O3. The fraction of sp³-hybridized carbons (Fsp3) is 0.211. The molecule has 1 unspecified atom stereocenters. The van der Waals surface area contributed by atoms with Crippen LogP contribution in [0.15, 0.2) is 48.5 Å². The summed E-state index contributed by atoms with van der Waals surface area (Å²) in [6.07, 6.45) is 0. The van der Waals surface area contributed by atoms with E-state index in [1.807, 2.05) is 0 Å². The third-order valence-corrected chi connectivity index (χ3v) is 3.62. The van der Waals surface area contributed by atoms with Crippen molar-refractivity contribution in [3.05, 3.63) is 54.1 Å². The first-order chi connectivity index (χ1) is 12.4. The molecule has 0 aliphatic heterocycles. The monoisotopic (exact) mass is 354 g/mol. The molecule has 2 aromatic rings. The summed E-state index contributed by atoms with van der Waals surface area (Å²) < 4.78 is 0. The van der Waals surface area contributed by atoms with E-state index in [-0.39, 0.29) is 17.7 Å². The van der Waals surface area contributed by atoms with Crippen LogP contribution in [0.3, 0.4) is 0 Å². The Morgan fingerprint density at radius 3 is 1.81 bits per heavy atom. The first-order valence-corrected chi connectivity index (χ1v) is 8.16. The molecule has 0 aliphatic carbocycles. The topological polar surface area (TPSA) is 99.3 Å². The SMILES string of the molecule is CNC(=O)c1ccc(NC(C)C(=O)Nc2ccc(NC(C)=O)cc2)cc1. The van der Waals surface area contributed by atoms with Crippen molar-refractivity contribution in [2.75, 3.05) is 23.0 Å². The van der Waals surface area contributed by atoms with E-state index in [0.717, 1.165) is 5.69 Å². The Bertz CT molecular complexity index is 785. The third kappa shape index (κ3) is 5.34. The third-order valence-electron chi connectivity index (χ3n) is 3.62. The standard InChI is InChI=1S/C19H22N4O3/c1-12(21-15-6-4-14(5-7-15)19(26)20-3)18(25)23-17-10-8-16(9-11-17)22-13(2)24/h4-12,21H,1-3H3,(H,20,26)(H,22,24)(H,23,25). The zero-order valence-corrected chi connectivity index (χ0v) is 14.9. The number of nitrogens with one attached hydrogen (secondary N) is 4. The highest BCUT2D eigenvalue weighted by atomic mass is 16.2. The van der Waals surface area contributed by atoms with Gasteiger partial charge in [-0.2, -0.15) is 0 Å². The van der Waals surface area contributed by atoms with E-state index in [0.29, 0.717) is 16.9 Å². The number of anilines is 3. The molecule has 0 fully saturated rings. The lowest BCUT2D eigenvalue weighted by atomic mass is 10.2. The summed E-state index contributed by atoms with van der Waals surface area (Å²) in [4.78, 5) is 34.8. The predicted molar refractivity (Wildman–Crippen MR) is 102 cm³/mol. The van der Waals surface area contributed by atoms with Crippen LogP contribution in [0.2, 0.25) is 0 Å². The van der Waals surface area contributed by atoms with Crippen LogP contribution in [-0.2, 0) is 9.59 Å². The maximum Gasteiger partial charge on any atom is 0.251 e. The minimum Gasteiger partial charge on any atom is -0.374 e. The second-order valence-electron chi connectivity index (χ2n) is 5.77. The summed E-state index contributed by atoms with van der Waals surface area (Å²) in [5, 5.41) is 11.1. The van der Waals surface area contributed by atoms with Crippen molar-refractivity contribution in [2.24, 2.45) is 0 Å². The highest BCUT2D eigenvalue weighted by Gasteiger charge is 2.13. The van der Waals surface area contributed by atoms with Gasteiger partial charge >= 0.3 is 0 Å². The zero-order chi connectivity index (χ0) is 19.1. The molecule has 0 spiro atoms. The summed E-state index contributed by atoms with van der Waals surface area (Å²) in [5.41, 5.74) is 2.58. The molecule has 26 heavy (non-hydrogen) atoms. The number of carbonyl (C=O) groups is 3. The van der Waals surface area contributed by atoms with Crippen molar-refractivity contribution in [3.63, 3.8) is 0 Å². The Labute approximate surface area is 152 Å². The average molecular weight is 354 g/mol. The molecule has 2 rings (SSSR count). The molecule has 0 aliphatic rings. The molecule has 1 atom stereocenters. The molecule has 0 saturated heterocycles. The normalized spacial score (nSPS) is 11.2. The molecule has 0 radical (unpaired) electrons. The van der Waals surface area contributed by atoms with Gasteiger partial charge in [0.15, 0.2) is 0 Å². The van der Waals surface area contributed by atoms with E-state index in [1.165, 1.54) is 6.92 Å². The highest BCUT2D eigenvalue weighted by molar-refractivity contribution is 5.97. The second kappa shape index (κ2) is 8.66. The summed E-state index contributed by atoms with van der Waals surface area (Å²) in [7, 11) is 1.57. The van der Waals surface area contributed by atoms with Crippen LogP contribution in [0.25, 0.3) is 0 Å². The predicted octanol–water partition coefficient (Wildman–Crippen LogP) is 2.44. The lowest BCUT2D eigenvalue weighted by Crippen LogP contribution is -2.31. The number of hydrogen-bond acceptors (Lipinski definition) is 4. The Morgan fingerprint density at radius 1 is 0.808 bits per heavy atom. The Kier molecular flexibility index (Phi) is 6.32. The molecular weight excluding hydrogens is 332 g/mol. The number of carbonyl (C=O) groups excluding carboxylic acids is 3. The number of rotatable bonds is 6. The van der Waals surface area contributed by atoms with E-state index in [4.69, 9.17) is 0 Å². The largest absolute Gasteiger partial charge is 0.374 e. The van der Waals surface area contributed by atoms with Crippen LogP contribution in [0.4, 0.5) is 17.1 Å². The fourth-order valence-electron chi connectivity index (χ4n) is 2.27. The maximum atomic E-state index is 12.3. The zero-order valence-electron chi connectivity index (χ0n) is 14.9. The highest BCUT2D eigenvalue weighted by Crippen LogP contribution is 2.15. The van der Waals surface area contributed by atoms with Gasteiger partial charge < -0.3 is 21.3 Å². The van der Waals surface area contributed by atoms with Gasteiger partial charge in [0.1, 0.15) is 6.04 Å². The summed E-state index contributed by atoms with van der Waals surface area (Å²) in [6.45, 7) is 3.18. The van der Waals surface area contributed by atoms with Gasteiger partial charge in [-0.3, -0.25) is 14.4 Å². The molecule has 0 aromatic heterocycles. The molecule has 0 heterocycles. The van der Waals surface area contributed by atoms with Crippen molar-refractivity contribution in [2.45, 2.75) is 19.9 Å². The van der Waals surface area contributed by atoms with Crippen LogP contribution >= 0.6 is 0 Å². The number of amides is 3. The van der Waals surface area contributed by atoms with E-state index >= 15 is 0 Å². The molecule has 0 bridgehead atoms. The van der Waals surface area contributed by atoms with Gasteiger partial charge in [0.2, 0.25) is 11.8 Å². The smallest absolute Gasteiger partial charge is 0.251 e. The van der Waals surface area contributed by atoms with E-state index in [1.54, 1.807) is 62.5 Å². The van der Waals surface area contributed by atoms with E-state index in [9.17, 15) is 14.4 Å². The van der Waals surface area contributed by atoms with Crippen molar-refractivity contribution in [1.82, 2.24) is 5.32 Å². The molecule has 3 amide bonds. The van der Waals surface area contributed by atoms with Gasteiger partial charge in [-0.1, -0.05) is 0 Å². The summed E-state index contributed by atoms with van der Waals surface area (Å²) in [5.74, 6) is -0.514. The van der Waals surface area contributed by atoms with E-state index < -0.39 is 6.04 Å². The molecule has 0 saturated carbocycles. The van der Waals surface area contributed by atoms with Crippen molar-refractivity contribution >= 4 is 34.8 Å². The van der Waals surface area contributed by atoms with E-state index in [2.05, 4.69) is 21.3 Å². The molecule has 4 N–H and O–H groups in total. The minimum absolute atomic E-state index is 0.151. The minimum atomic E-state index is -0.476. The van der Waals surface area contributed by atoms with Crippen molar-refractivity contribution < 1.29 is 14.4 Å².